The smallest absolute Gasteiger partial charge is 0.0931 e. The quantitative estimate of drug-likeness (QED) is 0.607. The molecule has 0 fully saturated rings. The monoisotopic (exact) mass is 149 g/mol. The van der Waals surface area contributed by atoms with Crippen molar-refractivity contribution in [3.63, 3.8) is 0 Å². The Kier molecular flexibility index (Phi) is 2.11. The number of rotatable bonds is 2. The second kappa shape index (κ2) is 3.05. The van der Waals surface area contributed by atoms with Gasteiger partial charge in [-0.05, 0) is 6.08 Å². The number of likely N-dealkylation sites (N-methyl/N-ethyl adjacent to an activating group) is 1. The van der Waals surface area contributed by atoms with Crippen molar-refractivity contribution >= 4 is 6.34 Å². The standard InChI is InChI=1S/C8H11N3/c1-6-4-8(7(2)9-3)11-5-10-6/h4-5,9H,1-2H2,3H3,(H,10,11). The number of nitrogens with zero attached hydrogens (tertiary/aromatic N) is 1. The van der Waals surface area contributed by atoms with Gasteiger partial charge in [0.2, 0.25) is 0 Å². The summed E-state index contributed by atoms with van der Waals surface area (Å²) in [6, 6.07) is 0. The van der Waals surface area contributed by atoms with Crippen molar-refractivity contribution in [2.75, 3.05) is 7.05 Å². The van der Waals surface area contributed by atoms with Crippen LogP contribution in [0.4, 0.5) is 0 Å². The second-order valence-electron chi connectivity index (χ2n) is 2.19. The summed E-state index contributed by atoms with van der Waals surface area (Å²) in [5.41, 5.74) is 2.44. The zero-order valence-electron chi connectivity index (χ0n) is 6.52. The molecule has 0 aromatic heterocycles. The van der Waals surface area contributed by atoms with Crippen molar-refractivity contribution in [3.8, 4) is 0 Å². The molecule has 3 heteroatoms. The van der Waals surface area contributed by atoms with Gasteiger partial charge in [0.05, 0.1) is 17.7 Å². The van der Waals surface area contributed by atoms with Gasteiger partial charge in [0.25, 0.3) is 0 Å². The first-order valence-electron chi connectivity index (χ1n) is 3.30. The molecule has 1 rings (SSSR count). The molecule has 0 aromatic carbocycles. The Balaban J connectivity index is 2.79. The van der Waals surface area contributed by atoms with E-state index in [0.717, 1.165) is 17.1 Å². The topological polar surface area (TPSA) is 36.4 Å². The average molecular weight is 149 g/mol. The fraction of sp³-hybridized carbons (Fsp3) is 0.125. The van der Waals surface area contributed by atoms with E-state index in [1.165, 1.54) is 0 Å². The Morgan fingerprint density at radius 3 is 3.00 bits per heavy atom. The SMILES string of the molecule is C=C1C=C(C(=C)NC)N=CN1. The summed E-state index contributed by atoms with van der Waals surface area (Å²) in [7, 11) is 1.81. The number of aliphatic imine (C=N–C) groups is 1. The van der Waals surface area contributed by atoms with Gasteiger partial charge in [-0.1, -0.05) is 13.2 Å². The van der Waals surface area contributed by atoms with Gasteiger partial charge in [0, 0.05) is 12.7 Å². The minimum Gasteiger partial charge on any atom is -0.387 e. The molecule has 0 amide bonds. The predicted octanol–water partition coefficient (Wildman–Crippen LogP) is 0.749. The normalized spacial score (nSPS) is 15.4. The Morgan fingerprint density at radius 2 is 2.45 bits per heavy atom. The van der Waals surface area contributed by atoms with Crippen molar-refractivity contribution in [3.05, 3.63) is 36.3 Å². The molecule has 0 atom stereocenters. The summed E-state index contributed by atoms with van der Waals surface area (Å²) >= 11 is 0. The van der Waals surface area contributed by atoms with Crippen LogP contribution in [0.1, 0.15) is 0 Å². The lowest BCUT2D eigenvalue weighted by Crippen LogP contribution is -2.15. The summed E-state index contributed by atoms with van der Waals surface area (Å²) in [5, 5.41) is 5.77. The maximum Gasteiger partial charge on any atom is 0.0931 e. The Morgan fingerprint density at radius 1 is 1.73 bits per heavy atom. The first kappa shape index (κ1) is 7.60. The highest BCUT2D eigenvalue weighted by molar-refractivity contribution is 5.64. The number of hydrogen-bond donors (Lipinski definition) is 2. The lowest BCUT2D eigenvalue weighted by atomic mass is 10.3. The molecule has 58 valence electrons. The average Bonchev–Trinajstić information content (AvgIpc) is 2.03. The third-order valence-corrected chi connectivity index (χ3v) is 1.38. The van der Waals surface area contributed by atoms with E-state index in [9.17, 15) is 0 Å². The van der Waals surface area contributed by atoms with Crippen molar-refractivity contribution in [2.45, 2.75) is 0 Å². The fourth-order valence-electron chi connectivity index (χ4n) is 0.722. The van der Waals surface area contributed by atoms with Gasteiger partial charge in [-0.15, -0.1) is 0 Å². The molecule has 1 aliphatic rings. The van der Waals surface area contributed by atoms with Crippen LogP contribution in [0.3, 0.4) is 0 Å². The third-order valence-electron chi connectivity index (χ3n) is 1.38. The van der Waals surface area contributed by atoms with E-state index in [4.69, 9.17) is 0 Å². The van der Waals surface area contributed by atoms with Crippen molar-refractivity contribution < 1.29 is 0 Å². The predicted molar refractivity (Wildman–Crippen MR) is 47.1 cm³/mol. The van der Waals surface area contributed by atoms with Gasteiger partial charge in [-0.25, -0.2) is 4.99 Å². The van der Waals surface area contributed by atoms with Crippen molar-refractivity contribution in [1.29, 1.82) is 0 Å². The molecule has 1 aliphatic heterocycles. The van der Waals surface area contributed by atoms with Gasteiger partial charge in [-0.3, -0.25) is 0 Å². The van der Waals surface area contributed by atoms with Gasteiger partial charge in [0.1, 0.15) is 0 Å². The van der Waals surface area contributed by atoms with Crippen LogP contribution in [0.5, 0.6) is 0 Å². The molecule has 0 bridgehead atoms. The molecular weight excluding hydrogens is 138 g/mol. The number of nitrogens with one attached hydrogen (secondary N) is 2. The van der Waals surface area contributed by atoms with E-state index in [-0.39, 0.29) is 0 Å². The van der Waals surface area contributed by atoms with Crippen LogP contribution in [0.15, 0.2) is 41.3 Å². The van der Waals surface area contributed by atoms with Crippen molar-refractivity contribution in [2.24, 2.45) is 4.99 Å². The van der Waals surface area contributed by atoms with Gasteiger partial charge in [0.15, 0.2) is 0 Å². The largest absolute Gasteiger partial charge is 0.387 e. The van der Waals surface area contributed by atoms with Crippen LogP contribution in [-0.2, 0) is 0 Å². The summed E-state index contributed by atoms with van der Waals surface area (Å²) in [6.07, 6.45) is 3.43. The van der Waals surface area contributed by atoms with Gasteiger partial charge < -0.3 is 10.6 Å². The second-order valence-corrected chi connectivity index (χ2v) is 2.19. The fourth-order valence-corrected chi connectivity index (χ4v) is 0.722. The molecule has 0 saturated carbocycles. The molecular formula is C8H11N3. The van der Waals surface area contributed by atoms with Crippen LogP contribution in [0.25, 0.3) is 0 Å². The van der Waals surface area contributed by atoms with Gasteiger partial charge in [-0.2, -0.15) is 0 Å². The van der Waals surface area contributed by atoms with E-state index >= 15 is 0 Å². The lowest BCUT2D eigenvalue weighted by molar-refractivity contribution is 0.982. The van der Waals surface area contributed by atoms with E-state index < -0.39 is 0 Å². The minimum absolute atomic E-state index is 0.795. The first-order chi connectivity index (χ1) is 5.24. The zero-order chi connectivity index (χ0) is 8.27. The summed E-state index contributed by atoms with van der Waals surface area (Å²) < 4.78 is 0. The molecule has 0 unspecified atom stereocenters. The van der Waals surface area contributed by atoms with Crippen LogP contribution in [0.2, 0.25) is 0 Å². The van der Waals surface area contributed by atoms with E-state index in [2.05, 4.69) is 28.8 Å². The first-order valence-corrected chi connectivity index (χ1v) is 3.30. The van der Waals surface area contributed by atoms with E-state index in [1.807, 2.05) is 13.1 Å². The highest BCUT2D eigenvalue weighted by Crippen LogP contribution is 2.09. The molecule has 0 aromatic rings. The highest BCUT2D eigenvalue weighted by Gasteiger charge is 2.01. The number of hydrogen-bond acceptors (Lipinski definition) is 3. The zero-order valence-corrected chi connectivity index (χ0v) is 6.52. The van der Waals surface area contributed by atoms with Crippen LogP contribution < -0.4 is 10.6 Å². The Bertz CT molecular complexity index is 248. The van der Waals surface area contributed by atoms with E-state index in [1.54, 1.807) is 6.34 Å². The van der Waals surface area contributed by atoms with Crippen LogP contribution in [0, 0.1) is 0 Å². The molecule has 11 heavy (non-hydrogen) atoms. The van der Waals surface area contributed by atoms with E-state index in [0.29, 0.717) is 0 Å². The highest BCUT2D eigenvalue weighted by atomic mass is 15.0. The van der Waals surface area contributed by atoms with Gasteiger partial charge >= 0.3 is 0 Å². The maximum atomic E-state index is 4.05. The van der Waals surface area contributed by atoms with Crippen molar-refractivity contribution in [1.82, 2.24) is 10.6 Å². The molecule has 2 N–H and O–H groups in total. The Hall–Kier alpha value is -1.51. The number of allylic oxidation sites excluding steroid dienone is 1. The maximum absolute atomic E-state index is 4.05. The lowest BCUT2D eigenvalue weighted by Gasteiger charge is -2.10. The molecule has 0 saturated heterocycles. The summed E-state index contributed by atoms with van der Waals surface area (Å²) in [4.78, 5) is 4.05. The summed E-state index contributed by atoms with van der Waals surface area (Å²) in [6.45, 7) is 7.50. The van der Waals surface area contributed by atoms with Crippen LogP contribution in [-0.4, -0.2) is 13.4 Å². The Labute approximate surface area is 66.2 Å². The summed E-state index contributed by atoms with van der Waals surface area (Å²) in [5.74, 6) is 0. The molecule has 3 nitrogen and oxygen atoms in total. The third kappa shape index (κ3) is 1.70. The minimum atomic E-state index is 0.795. The molecule has 0 aliphatic carbocycles. The molecule has 1 heterocycles. The van der Waals surface area contributed by atoms with Crippen LogP contribution >= 0.6 is 0 Å². The molecule has 0 radical (unpaired) electrons. The molecule has 0 spiro atoms.